The van der Waals surface area contributed by atoms with Crippen LogP contribution < -0.4 is 10.1 Å². The Morgan fingerprint density at radius 2 is 2.04 bits per heavy atom. The van der Waals surface area contributed by atoms with Crippen molar-refractivity contribution in [3.05, 3.63) is 71.4 Å². The van der Waals surface area contributed by atoms with Crippen molar-refractivity contribution in [2.45, 2.75) is 26.3 Å². The SMILES string of the molecule is CCCCOc1c(F)ccc(CNC(=O)c2ccc3ncccc3c2)c1F. The Kier molecular flexibility index (Phi) is 5.96. The lowest BCUT2D eigenvalue weighted by molar-refractivity contribution is 0.0950. The number of hydrogen-bond acceptors (Lipinski definition) is 3. The first-order chi connectivity index (χ1) is 13.1. The number of fused-ring (bicyclic) bond motifs is 1. The molecule has 0 fully saturated rings. The van der Waals surface area contributed by atoms with Crippen LogP contribution in [-0.4, -0.2) is 17.5 Å². The van der Waals surface area contributed by atoms with Crippen molar-refractivity contribution in [3.63, 3.8) is 0 Å². The molecule has 3 rings (SSSR count). The molecular formula is C21H20F2N2O2. The lowest BCUT2D eigenvalue weighted by Crippen LogP contribution is -2.23. The molecule has 0 saturated heterocycles. The molecule has 6 heteroatoms. The predicted octanol–water partition coefficient (Wildman–Crippen LogP) is 4.62. The monoisotopic (exact) mass is 370 g/mol. The number of benzene rings is 2. The Balaban J connectivity index is 1.71. The molecule has 4 nitrogen and oxygen atoms in total. The zero-order chi connectivity index (χ0) is 19.2. The second-order valence-corrected chi connectivity index (χ2v) is 6.15. The number of hydrogen-bond donors (Lipinski definition) is 1. The van der Waals surface area contributed by atoms with E-state index in [4.69, 9.17) is 4.74 Å². The van der Waals surface area contributed by atoms with Crippen LogP contribution in [0.2, 0.25) is 0 Å². The van der Waals surface area contributed by atoms with Crippen LogP contribution in [0.25, 0.3) is 10.9 Å². The minimum atomic E-state index is -0.783. The summed E-state index contributed by atoms with van der Waals surface area (Å²) in [6.07, 6.45) is 3.25. The number of rotatable bonds is 7. The third-order valence-corrected chi connectivity index (χ3v) is 4.18. The Bertz CT molecular complexity index is 960. The lowest BCUT2D eigenvalue weighted by atomic mass is 10.1. The summed E-state index contributed by atoms with van der Waals surface area (Å²) in [5, 5.41) is 3.50. The van der Waals surface area contributed by atoms with Crippen LogP contribution in [0.4, 0.5) is 8.78 Å². The van der Waals surface area contributed by atoms with Crippen molar-refractivity contribution in [3.8, 4) is 5.75 Å². The highest BCUT2D eigenvalue weighted by Gasteiger charge is 2.16. The van der Waals surface area contributed by atoms with Crippen molar-refractivity contribution in [1.82, 2.24) is 10.3 Å². The Morgan fingerprint density at radius 3 is 2.85 bits per heavy atom. The van der Waals surface area contributed by atoms with Gasteiger partial charge in [-0.1, -0.05) is 25.5 Å². The van der Waals surface area contributed by atoms with Crippen LogP contribution in [0.1, 0.15) is 35.7 Å². The van der Waals surface area contributed by atoms with Gasteiger partial charge in [-0.3, -0.25) is 9.78 Å². The number of unbranched alkanes of at least 4 members (excludes halogenated alkanes) is 1. The summed E-state index contributed by atoms with van der Waals surface area (Å²) in [5.41, 5.74) is 1.39. The Morgan fingerprint density at radius 1 is 1.19 bits per heavy atom. The van der Waals surface area contributed by atoms with Crippen molar-refractivity contribution < 1.29 is 18.3 Å². The highest BCUT2D eigenvalue weighted by molar-refractivity contribution is 5.97. The minimum Gasteiger partial charge on any atom is -0.488 e. The van der Waals surface area contributed by atoms with E-state index in [1.807, 2.05) is 13.0 Å². The topological polar surface area (TPSA) is 51.2 Å². The second kappa shape index (κ2) is 8.58. The maximum Gasteiger partial charge on any atom is 0.251 e. The number of amides is 1. The molecule has 0 aliphatic carbocycles. The number of carbonyl (C=O) groups is 1. The number of ether oxygens (including phenoxy) is 1. The summed E-state index contributed by atoms with van der Waals surface area (Å²) in [6, 6.07) is 11.2. The standard InChI is InChI=1S/C21H20F2N2O2/c1-2-3-11-27-20-17(22)8-6-16(19(20)23)13-25-21(26)15-7-9-18-14(12-15)5-4-10-24-18/h4-10,12H,2-3,11,13H2,1H3,(H,25,26). The largest absolute Gasteiger partial charge is 0.488 e. The van der Waals surface area contributed by atoms with Gasteiger partial charge in [-0.05, 0) is 36.8 Å². The first-order valence-corrected chi connectivity index (χ1v) is 8.82. The minimum absolute atomic E-state index is 0.0693. The van der Waals surface area contributed by atoms with E-state index in [-0.39, 0.29) is 24.6 Å². The zero-order valence-corrected chi connectivity index (χ0v) is 15.0. The third kappa shape index (κ3) is 4.39. The molecule has 0 spiro atoms. The lowest BCUT2D eigenvalue weighted by Gasteiger charge is -2.12. The Hall–Kier alpha value is -3.02. The molecule has 1 aromatic heterocycles. The van der Waals surface area contributed by atoms with Crippen LogP contribution in [-0.2, 0) is 6.54 Å². The van der Waals surface area contributed by atoms with Gasteiger partial charge >= 0.3 is 0 Å². The molecule has 0 bridgehead atoms. The predicted molar refractivity (Wildman–Crippen MR) is 99.7 cm³/mol. The van der Waals surface area contributed by atoms with Crippen molar-refractivity contribution >= 4 is 16.8 Å². The molecule has 140 valence electrons. The van der Waals surface area contributed by atoms with E-state index in [1.54, 1.807) is 30.5 Å². The quantitative estimate of drug-likeness (QED) is 0.618. The van der Waals surface area contributed by atoms with Crippen LogP contribution in [0.5, 0.6) is 5.75 Å². The van der Waals surface area contributed by atoms with Gasteiger partial charge in [0.15, 0.2) is 17.4 Å². The third-order valence-electron chi connectivity index (χ3n) is 4.18. The molecule has 27 heavy (non-hydrogen) atoms. The van der Waals surface area contributed by atoms with Gasteiger partial charge in [0.2, 0.25) is 0 Å². The first-order valence-electron chi connectivity index (χ1n) is 8.82. The summed E-state index contributed by atoms with van der Waals surface area (Å²) >= 11 is 0. The fraction of sp³-hybridized carbons (Fsp3) is 0.238. The average molecular weight is 370 g/mol. The van der Waals surface area contributed by atoms with Crippen LogP contribution in [0.15, 0.2) is 48.7 Å². The van der Waals surface area contributed by atoms with Gasteiger partial charge < -0.3 is 10.1 Å². The summed E-state index contributed by atoms with van der Waals surface area (Å²) in [7, 11) is 0. The van der Waals surface area contributed by atoms with Crippen molar-refractivity contribution in [2.24, 2.45) is 0 Å². The van der Waals surface area contributed by atoms with Gasteiger partial charge in [0.25, 0.3) is 5.91 Å². The molecule has 1 N–H and O–H groups in total. The molecule has 2 aromatic carbocycles. The maximum absolute atomic E-state index is 14.5. The zero-order valence-electron chi connectivity index (χ0n) is 15.0. The summed E-state index contributed by atoms with van der Waals surface area (Å²) in [5.74, 6) is -2.28. The smallest absolute Gasteiger partial charge is 0.251 e. The van der Waals surface area contributed by atoms with Gasteiger partial charge in [-0.2, -0.15) is 0 Å². The van der Waals surface area contributed by atoms with Crippen molar-refractivity contribution in [2.75, 3.05) is 6.61 Å². The van der Waals surface area contributed by atoms with Gasteiger partial charge in [-0.15, -0.1) is 0 Å². The molecule has 3 aromatic rings. The number of aromatic nitrogens is 1. The van der Waals surface area contributed by atoms with Crippen LogP contribution in [0.3, 0.4) is 0 Å². The molecule has 0 aliphatic rings. The maximum atomic E-state index is 14.5. The van der Waals surface area contributed by atoms with E-state index in [1.165, 1.54) is 6.07 Å². The van der Waals surface area contributed by atoms with Crippen LogP contribution >= 0.6 is 0 Å². The highest BCUT2D eigenvalue weighted by atomic mass is 19.1. The van der Waals surface area contributed by atoms with E-state index in [2.05, 4.69) is 10.3 Å². The number of nitrogens with zero attached hydrogens (tertiary/aromatic N) is 1. The van der Waals surface area contributed by atoms with Gasteiger partial charge in [0.05, 0.1) is 12.1 Å². The highest BCUT2D eigenvalue weighted by Crippen LogP contribution is 2.25. The van der Waals surface area contributed by atoms with Gasteiger partial charge in [0.1, 0.15) is 0 Å². The molecule has 0 aliphatic heterocycles. The molecule has 1 amide bonds. The molecule has 0 saturated carbocycles. The summed E-state index contributed by atoms with van der Waals surface area (Å²) < 4.78 is 33.5. The van der Waals surface area contributed by atoms with E-state index in [9.17, 15) is 13.6 Å². The number of nitrogens with one attached hydrogen (secondary N) is 1. The molecule has 1 heterocycles. The molecule has 0 unspecified atom stereocenters. The van der Waals surface area contributed by atoms with Gasteiger partial charge in [0, 0.05) is 29.3 Å². The van der Waals surface area contributed by atoms with Crippen molar-refractivity contribution in [1.29, 1.82) is 0 Å². The average Bonchev–Trinajstić information content (AvgIpc) is 2.69. The second-order valence-electron chi connectivity index (χ2n) is 6.15. The normalized spacial score (nSPS) is 10.8. The summed E-state index contributed by atoms with van der Waals surface area (Å²) in [4.78, 5) is 16.6. The molecule has 0 atom stereocenters. The number of carbonyl (C=O) groups excluding carboxylic acids is 1. The molecular weight excluding hydrogens is 350 g/mol. The summed E-state index contributed by atoms with van der Waals surface area (Å²) in [6.45, 7) is 2.14. The fourth-order valence-electron chi connectivity index (χ4n) is 2.66. The molecule has 0 radical (unpaired) electrons. The van der Waals surface area contributed by atoms with E-state index >= 15 is 0 Å². The van der Waals surface area contributed by atoms with E-state index in [0.717, 1.165) is 23.4 Å². The van der Waals surface area contributed by atoms with Crippen LogP contribution in [0, 0.1) is 11.6 Å². The van der Waals surface area contributed by atoms with E-state index in [0.29, 0.717) is 12.0 Å². The van der Waals surface area contributed by atoms with Gasteiger partial charge in [-0.25, -0.2) is 8.78 Å². The number of pyridine rings is 1. The Labute approximate surface area is 156 Å². The van der Waals surface area contributed by atoms with E-state index < -0.39 is 17.4 Å². The number of halogens is 2. The first kappa shape index (κ1) is 18.8. The fourth-order valence-corrected chi connectivity index (χ4v) is 2.66.